The van der Waals surface area contributed by atoms with Gasteiger partial charge in [-0.05, 0) is 39.8 Å². The molecule has 1 aliphatic heterocycles. The van der Waals surface area contributed by atoms with Crippen LogP contribution in [0.2, 0.25) is 0 Å². The molecule has 0 atom stereocenters. The zero-order chi connectivity index (χ0) is 26.8. The van der Waals surface area contributed by atoms with Crippen LogP contribution in [0.4, 0.5) is 0 Å². The minimum absolute atomic E-state index is 0.404. The van der Waals surface area contributed by atoms with E-state index in [1.54, 1.807) is 0 Å². The number of pyridine rings is 2. The molecular formula is C32H27BN4O2. The van der Waals surface area contributed by atoms with E-state index in [-0.39, 0.29) is 0 Å². The summed E-state index contributed by atoms with van der Waals surface area (Å²) in [5, 5.41) is 2.99. The molecule has 3 aromatic heterocycles. The molecule has 0 N–H and O–H groups in total. The molecule has 4 heterocycles. The Morgan fingerprint density at radius 2 is 1.28 bits per heavy atom. The second kappa shape index (κ2) is 8.66. The molecule has 190 valence electrons. The smallest absolute Gasteiger partial charge is 0.399 e. The van der Waals surface area contributed by atoms with E-state index in [0.29, 0.717) is 5.82 Å². The third-order valence-electron chi connectivity index (χ3n) is 7.96. The van der Waals surface area contributed by atoms with Crippen LogP contribution in [0.5, 0.6) is 0 Å². The molecule has 6 aromatic rings. The van der Waals surface area contributed by atoms with Crippen LogP contribution >= 0.6 is 0 Å². The number of para-hydroxylation sites is 1. The normalized spacial score (nSPS) is 16.4. The van der Waals surface area contributed by atoms with Gasteiger partial charge in [0.25, 0.3) is 0 Å². The molecule has 0 unspecified atom stereocenters. The van der Waals surface area contributed by atoms with Crippen molar-refractivity contribution in [2.24, 2.45) is 0 Å². The van der Waals surface area contributed by atoms with Gasteiger partial charge in [0, 0.05) is 45.1 Å². The summed E-state index contributed by atoms with van der Waals surface area (Å²) < 4.78 is 12.5. The Labute approximate surface area is 227 Å². The number of nitrogens with zero attached hydrogens (tertiary/aromatic N) is 4. The molecule has 0 saturated carbocycles. The van der Waals surface area contributed by atoms with Crippen LogP contribution in [-0.4, -0.2) is 38.3 Å². The molecular weight excluding hydrogens is 483 g/mol. The number of fused-ring (bicyclic) bond motifs is 4. The Bertz CT molecular complexity index is 1870. The average Bonchev–Trinajstić information content (AvgIpc) is 3.18. The number of rotatable bonds is 3. The monoisotopic (exact) mass is 510 g/mol. The number of hydrogen-bond acceptors (Lipinski definition) is 6. The summed E-state index contributed by atoms with van der Waals surface area (Å²) in [4.78, 5) is 19.5. The molecule has 1 saturated heterocycles. The van der Waals surface area contributed by atoms with E-state index in [2.05, 4.69) is 70.2 Å². The van der Waals surface area contributed by atoms with E-state index in [4.69, 9.17) is 29.2 Å². The first-order valence-corrected chi connectivity index (χ1v) is 13.2. The van der Waals surface area contributed by atoms with Crippen LogP contribution in [0, 0.1) is 0 Å². The number of benzene rings is 3. The van der Waals surface area contributed by atoms with Crippen molar-refractivity contribution in [3.8, 4) is 22.6 Å². The highest BCUT2D eigenvalue weighted by Gasteiger charge is 2.51. The second-order valence-corrected chi connectivity index (χ2v) is 11.1. The molecule has 39 heavy (non-hydrogen) atoms. The van der Waals surface area contributed by atoms with Crippen LogP contribution < -0.4 is 5.46 Å². The molecule has 0 amide bonds. The van der Waals surface area contributed by atoms with Crippen molar-refractivity contribution in [1.82, 2.24) is 19.9 Å². The minimum atomic E-state index is -0.457. The van der Waals surface area contributed by atoms with Gasteiger partial charge in [-0.15, -0.1) is 0 Å². The predicted octanol–water partition coefficient (Wildman–Crippen LogP) is 6.36. The van der Waals surface area contributed by atoms with Crippen LogP contribution in [-0.2, 0) is 9.31 Å². The Morgan fingerprint density at radius 1 is 0.641 bits per heavy atom. The van der Waals surface area contributed by atoms with Crippen molar-refractivity contribution < 1.29 is 9.31 Å². The van der Waals surface area contributed by atoms with Gasteiger partial charge >= 0.3 is 7.12 Å². The molecule has 0 spiro atoms. The fourth-order valence-corrected chi connectivity index (χ4v) is 5.06. The highest BCUT2D eigenvalue weighted by atomic mass is 16.7. The fraction of sp³-hybridized carbons (Fsp3) is 0.188. The van der Waals surface area contributed by atoms with E-state index in [9.17, 15) is 0 Å². The Kier molecular flexibility index (Phi) is 5.31. The maximum absolute atomic E-state index is 6.23. The van der Waals surface area contributed by atoms with Crippen LogP contribution in [0.3, 0.4) is 0 Å². The van der Waals surface area contributed by atoms with Gasteiger partial charge in [-0.3, -0.25) is 9.97 Å². The maximum Gasteiger partial charge on any atom is 0.496 e. The summed E-state index contributed by atoms with van der Waals surface area (Å²) in [6.07, 6.45) is 3.67. The zero-order valence-electron chi connectivity index (χ0n) is 22.3. The van der Waals surface area contributed by atoms with E-state index >= 15 is 0 Å². The maximum atomic E-state index is 6.23. The molecule has 7 heteroatoms. The van der Waals surface area contributed by atoms with Crippen molar-refractivity contribution >= 4 is 45.3 Å². The second-order valence-electron chi connectivity index (χ2n) is 11.1. The molecule has 0 radical (unpaired) electrons. The average molecular weight is 510 g/mol. The lowest BCUT2D eigenvalue weighted by atomic mass is 9.79. The highest BCUT2D eigenvalue weighted by Crippen LogP contribution is 2.37. The van der Waals surface area contributed by atoms with E-state index < -0.39 is 18.3 Å². The Morgan fingerprint density at radius 3 is 2.03 bits per heavy atom. The molecule has 3 aromatic carbocycles. The van der Waals surface area contributed by atoms with E-state index in [1.807, 2.05) is 48.8 Å². The summed E-state index contributed by atoms with van der Waals surface area (Å²) >= 11 is 0. The quantitative estimate of drug-likeness (QED) is 0.204. The minimum Gasteiger partial charge on any atom is -0.399 e. The van der Waals surface area contributed by atoms with E-state index in [1.165, 1.54) is 0 Å². The zero-order valence-corrected chi connectivity index (χ0v) is 22.3. The molecule has 1 aliphatic rings. The van der Waals surface area contributed by atoms with Gasteiger partial charge in [-0.25, -0.2) is 9.97 Å². The van der Waals surface area contributed by atoms with Gasteiger partial charge in [-0.1, -0.05) is 66.7 Å². The van der Waals surface area contributed by atoms with Gasteiger partial charge in [0.1, 0.15) is 0 Å². The molecule has 0 aliphatic carbocycles. The summed E-state index contributed by atoms with van der Waals surface area (Å²) in [7, 11) is -0.457. The van der Waals surface area contributed by atoms with Gasteiger partial charge in [0.15, 0.2) is 5.82 Å². The first-order chi connectivity index (χ1) is 18.8. The van der Waals surface area contributed by atoms with Gasteiger partial charge in [-0.2, -0.15) is 0 Å². The molecule has 1 fully saturated rings. The Hall–Kier alpha value is -4.20. The predicted molar refractivity (Wildman–Crippen MR) is 157 cm³/mol. The first kappa shape index (κ1) is 23.9. The van der Waals surface area contributed by atoms with Crippen molar-refractivity contribution in [2.75, 3.05) is 0 Å². The summed E-state index contributed by atoms with van der Waals surface area (Å²) in [6, 6.07) is 26.6. The summed E-state index contributed by atoms with van der Waals surface area (Å²) in [5.74, 6) is 0.645. The third kappa shape index (κ3) is 3.97. The van der Waals surface area contributed by atoms with Gasteiger partial charge in [0.05, 0.1) is 33.4 Å². The standard InChI is InChI=1S/C32H27BN4O2/c1-31(2)32(3,4)39-33(38-31)24-17-22-15-14-21-16-23(18-34-28(21)29(22)35-19-24)30-36-26-13-9-8-12-25(26)27(37-30)20-10-6-5-7-11-20/h5-19H,1-4H3. The SMILES string of the molecule is CC1(C)OB(c2cnc3c(ccc4cc(-c5nc(-c6ccccc6)c6ccccc6n5)cnc43)c2)OC1(C)C. The summed E-state index contributed by atoms with van der Waals surface area (Å²) in [5.41, 5.74) is 5.49. The third-order valence-corrected chi connectivity index (χ3v) is 7.96. The topological polar surface area (TPSA) is 70.0 Å². The van der Waals surface area contributed by atoms with Crippen molar-refractivity contribution in [1.29, 1.82) is 0 Å². The van der Waals surface area contributed by atoms with E-state index in [0.717, 1.165) is 55.0 Å². The summed E-state index contributed by atoms with van der Waals surface area (Å²) in [6.45, 7) is 8.22. The first-order valence-electron chi connectivity index (χ1n) is 13.2. The molecule has 0 bridgehead atoms. The van der Waals surface area contributed by atoms with Gasteiger partial charge in [0.2, 0.25) is 0 Å². The van der Waals surface area contributed by atoms with Crippen molar-refractivity contribution in [3.63, 3.8) is 0 Å². The van der Waals surface area contributed by atoms with Gasteiger partial charge < -0.3 is 9.31 Å². The van der Waals surface area contributed by atoms with Crippen molar-refractivity contribution in [2.45, 2.75) is 38.9 Å². The Balaban J connectivity index is 1.30. The largest absolute Gasteiger partial charge is 0.496 e. The number of aromatic nitrogens is 4. The fourth-order valence-electron chi connectivity index (χ4n) is 5.06. The van der Waals surface area contributed by atoms with Crippen LogP contribution in [0.15, 0.2) is 91.3 Å². The molecule has 7 rings (SSSR count). The lowest BCUT2D eigenvalue weighted by molar-refractivity contribution is 0.00578. The lowest BCUT2D eigenvalue weighted by Crippen LogP contribution is -2.41. The lowest BCUT2D eigenvalue weighted by Gasteiger charge is -2.32. The van der Waals surface area contributed by atoms with Crippen LogP contribution in [0.25, 0.3) is 55.4 Å². The number of hydrogen-bond donors (Lipinski definition) is 0. The van der Waals surface area contributed by atoms with Crippen molar-refractivity contribution in [3.05, 3.63) is 91.3 Å². The highest BCUT2D eigenvalue weighted by molar-refractivity contribution is 6.62. The molecule has 6 nitrogen and oxygen atoms in total. The van der Waals surface area contributed by atoms with Crippen LogP contribution in [0.1, 0.15) is 27.7 Å².